The van der Waals surface area contributed by atoms with Gasteiger partial charge in [0, 0.05) is 44.5 Å². The summed E-state index contributed by atoms with van der Waals surface area (Å²) in [4.78, 5) is 19.8. The molecule has 4 rings (SSSR count). The molecule has 2 aromatic rings. The van der Waals surface area contributed by atoms with Crippen molar-refractivity contribution in [3.8, 4) is 0 Å². The highest BCUT2D eigenvalue weighted by molar-refractivity contribution is 5.97. The summed E-state index contributed by atoms with van der Waals surface area (Å²) < 4.78 is 0. The summed E-state index contributed by atoms with van der Waals surface area (Å²) in [5, 5.41) is 0. The molecule has 1 fully saturated rings. The second-order valence-corrected chi connectivity index (χ2v) is 7.92. The molecular weight excluding hydrogens is 334 g/mol. The first-order valence-electron chi connectivity index (χ1n) is 10.0. The molecular formula is C23H29N3O. The van der Waals surface area contributed by atoms with Gasteiger partial charge in [-0.1, -0.05) is 42.5 Å². The summed E-state index contributed by atoms with van der Waals surface area (Å²) in [6.07, 6.45) is 0.964. The van der Waals surface area contributed by atoms with Crippen molar-refractivity contribution in [1.29, 1.82) is 0 Å². The van der Waals surface area contributed by atoms with Crippen LogP contribution in [0.15, 0.2) is 48.5 Å². The van der Waals surface area contributed by atoms with Crippen LogP contribution >= 0.6 is 0 Å². The highest BCUT2D eigenvalue weighted by Crippen LogP contribution is 2.31. The maximum absolute atomic E-state index is 13.0. The minimum atomic E-state index is 0.236. The average molecular weight is 364 g/mol. The van der Waals surface area contributed by atoms with Gasteiger partial charge in [0.25, 0.3) is 0 Å². The summed E-state index contributed by atoms with van der Waals surface area (Å²) in [7, 11) is 0. The first-order valence-corrected chi connectivity index (χ1v) is 10.0. The van der Waals surface area contributed by atoms with Gasteiger partial charge in [0.1, 0.15) is 0 Å². The van der Waals surface area contributed by atoms with Gasteiger partial charge < -0.3 is 4.90 Å². The fourth-order valence-corrected chi connectivity index (χ4v) is 4.35. The zero-order chi connectivity index (χ0) is 18.8. The maximum Gasteiger partial charge on any atom is 0.241 e. The van der Waals surface area contributed by atoms with Gasteiger partial charge in [0.05, 0.1) is 6.54 Å². The van der Waals surface area contributed by atoms with E-state index in [9.17, 15) is 4.79 Å². The minimum absolute atomic E-state index is 0.236. The van der Waals surface area contributed by atoms with Crippen LogP contribution in [0, 0.1) is 6.92 Å². The van der Waals surface area contributed by atoms with Crippen molar-refractivity contribution in [3.63, 3.8) is 0 Å². The Hall–Kier alpha value is -2.17. The van der Waals surface area contributed by atoms with Crippen LogP contribution in [0.5, 0.6) is 0 Å². The Labute approximate surface area is 162 Å². The topological polar surface area (TPSA) is 26.8 Å². The molecule has 0 radical (unpaired) electrons. The SMILES string of the molecule is Cc1ccccc1CN1CCN(CC(=O)N2c3ccccc3CC2C)CC1. The number of hydrogen-bond acceptors (Lipinski definition) is 3. The van der Waals surface area contributed by atoms with Crippen LogP contribution < -0.4 is 4.90 Å². The molecule has 0 N–H and O–H groups in total. The Balaban J connectivity index is 1.32. The van der Waals surface area contributed by atoms with Crippen molar-refractivity contribution in [3.05, 3.63) is 65.2 Å². The number of piperazine rings is 1. The highest BCUT2D eigenvalue weighted by atomic mass is 16.2. The summed E-state index contributed by atoms with van der Waals surface area (Å²) in [6, 6.07) is 17.2. The molecule has 2 heterocycles. The Morgan fingerprint density at radius 2 is 1.63 bits per heavy atom. The molecule has 0 aliphatic carbocycles. The molecule has 0 aromatic heterocycles. The third kappa shape index (κ3) is 3.92. The van der Waals surface area contributed by atoms with E-state index in [4.69, 9.17) is 0 Å². The molecule has 1 saturated heterocycles. The first-order chi connectivity index (χ1) is 13.1. The Morgan fingerprint density at radius 3 is 2.41 bits per heavy atom. The molecule has 2 aliphatic rings. The maximum atomic E-state index is 13.0. The number of nitrogens with zero attached hydrogens (tertiary/aromatic N) is 3. The van der Waals surface area contributed by atoms with E-state index < -0.39 is 0 Å². The van der Waals surface area contributed by atoms with Gasteiger partial charge in [-0.05, 0) is 43.0 Å². The third-order valence-corrected chi connectivity index (χ3v) is 5.95. The molecule has 4 heteroatoms. The van der Waals surface area contributed by atoms with Gasteiger partial charge in [0.2, 0.25) is 5.91 Å². The molecule has 1 unspecified atom stereocenters. The lowest BCUT2D eigenvalue weighted by molar-refractivity contribution is -0.120. The summed E-state index contributed by atoms with van der Waals surface area (Å²) in [5.41, 5.74) is 5.16. The van der Waals surface area contributed by atoms with E-state index in [1.165, 1.54) is 16.7 Å². The van der Waals surface area contributed by atoms with Crippen molar-refractivity contribution in [1.82, 2.24) is 9.80 Å². The predicted molar refractivity (Wildman–Crippen MR) is 110 cm³/mol. The molecule has 1 atom stereocenters. The normalized spacial score (nSPS) is 20.7. The smallest absolute Gasteiger partial charge is 0.241 e. The minimum Gasteiger partial charge on any atom is -0.308 e. The fourth-order valence-electron chi connectivity index (χ4n) is 4.35. The lowest BCUT2D eigenvalue weighted by atomic mass is 10.1. The highest BCUT2D eigenvalue weighted by Gasteiger charge is 2.31. The molecule has 1 amide bonds. The second-order valence-electron chi connectivity index (χ2n) is 7.92. The first kappa shape index (κ1) is 18.2. The number of fused-ring (bicyclic) bond motifs is 1. The number of hydrogen-bond donors (Lipinski definition) is 0. The van der Waals surface area contributed by atoms with E-state index in [1.54, 1.807) is 0 Å². The number of para-hydroxylation sites is 1. The molecule has 4 nitrogen and oxygen atoms in total. The van der Waals surface area contributed by atoms with Gasteiger partial charge >= 0.3 is 0 Å². The Kier molecular flexibility index (Phi) is 5.28. The van der Waals surface area contributed by atoms with E-state index in [2.05, 4.69) is 66.1 Å². The molecule has 27 heavy (non-hydrogen) atoms. The molecule has 0 bridgehead atoms. The van der Waals surface area contributed by atoms with E-state index in [0.29, 0.717) is 6.54 Å². The summed E-state index contributed by atoms with van der Waals surface area (Å²) in [5.74, 6) is 0.236. The van der Waals surface area contributed by atoms with Gasteiger partial charge in [-0.15, -0.1) is 0 Å². The number of rotatable bonds is 4. The van der Waals surface area contributed by atoms with Gasteiger partial charge in [0.15, 0.2) is 0 Å². The quantitative estimate of drug-likeness (QED) is 0.835. The molecule has 2 aliphatic heterocycles. The molecule has 0 saturated carbocycles. The van der Waals surface area contributed by atoms with Gasteiger partial charge in [-0.25, -0.2) is 0 Å². The zero-order valence-corrected chi connectivity index (χ0v) is 16.4. The van der Waals surface area contributed by atoms with Crippen molar-refractivity contribution in [2.24, 2.45) is 0 Å². The third-order valence-electron chi connectivity index (χ3n) is 5.95. The van der Waals surface area contributed by atoms with Gasteiger partial charge in [-0.3, -0.25) is 14.6 Å². The number of anilines is 1. The Bertz CT molecular complexity index is 811. The van der Waals surface area contributed by atoms with Crippen molar-refractivity contribution < 1.29 is 4.79 Å². The van der Waals surface area contributed by atoms with Crippen molar-refractivity contribution in [2.75, 3.05) is 37.6 Å². The molecule has 142 valence electrons. The Morgan fingerprint density at radius 1 is 0.963 bits per heavy atom. The van der Waals surface area contributed by atoms with Crippen LogP contribution in [0.25, 0.3) is 0 Å². The van der Waals surface area contributed by atoms with E-state index in [1.807, 2.05) is 11.0 Å². The van der Waals surface area contributed by atoms with Crippen molar-refractivity contribution >= 4 is 11.6 Å². The average Bonchev–Trinajstić information content (AvgIpc) is 3.01. The van der Waals surface area contributed by atoms with E-state index in [0.717, 1.165) is 44.8 Å². The van der Waals surface area contributed by atoms with Crippen LogP contribution in [-0.4, -0.2) is 54.5 Å². The number of carbonyl (C=O) groups is 1. The number of aryl methyl sites for hydroxylation is 1. The van der Waals surface area contributed by atoms with E-state index >= 15 is 0 Å². The van der Waals surface area contributed by atoms with Crippen LogP contribution in [-0.2, 0) is 17.8 Å². The predicted octanol–water partition coefficient (Wildman–Crippen LogP) is 3.09. The number of carbonyl (C=O) groups excluding carboxylic acids is 1. The summed E-state index contributed by atoms with van der Waals surface area (Å²) in [6.45, 7) is 9.82. The van der Waals surface area contributed by atoms with Crippen molar-refractivity contribution in [2.45, 2.75) is 32.9 Å². The standard InChI is InChI=1S/C23H29N3O/c1-18-7-3-4-9-21(18)16-24-11-13-25(14-12-24)17-23(27)26-19(2)15-20-8-5-6-10-22(20)26/h3-10,19H,11-17H2,1-2H3. The second kappa shape index (κ2) is 7.83. The van der Waals surface area contributed by atoms with Crippen LogP contribution in [0.2, 0.25) is 0 Å². The fraction of sp³-hybridized carbons (Fsp3) is 0.435. The molecule has 0 spiro atoms. The number of benzene rings is 2. The van der Waals surface area contributed by atoms with Crippen LogP contribution in [0.4, 0.5) is 5.69 Å². The van der Waals surface area contributed by atoms with Crippen LogP contribution in [0.1, 0.15) is 23.6 Å². The van der Waals surface area contributed by atoms with Crippen LogP contribution in [0.3, 0.4) is 0 Å². The molecule has 2 aromatic carbocycles. The van der Waals surface area contributed by atoms with E-state index in [-0.39, 0.29) is 11.9 Å². The lowest BCUT2D eigenvalue weighted by Gasteiger charge is -2.35. The summed E-state index contributed by atoms with van der Waals surface area (Å²) >= 11 is 0. The largest absolute Gasteiger partial charge is 0.308 e. The number of amides is 1. The monoisotopic (exact) mass is 363 g/mol. The van der Waals surface area contributed by atoms with Gasteiger partial charge in [-0.2, -0.15) is 0 Å². The zero-order valence-electron chi connectivity index (χ0n) is 16.4. The lowest BCUT2D eigenvalue weighted by Crippen LogP contribution is -2.50.